The first-order chi connectivity index (χ1) is 8.45. The normalized spacial score (nSPS) is 12.9. The Balaban J connectivity index is 2.83. The summed E-state index contributed by atoms with van der Waals surface area (Å²) < 4.78 is 6.18. The van der Waals surface area contributed by atoms with E-state index in [1.54, 1.807) is 18.1 Å². The second kappa shape index (κ2) is 7.31. The number of carboxylic acid groups (broad SMARTS) is 1. The maximum absolute atomic E-state index is 10.9. The minimum Gasteiger partial charge on any atom is -0.480 e. The van der Waals surface area contributed by atoms with Crippen LogP contribution in [0.5, 0.6) is 0 Å². The van der Waals surface area contributed by atoms with Gasteiger partial charge in [-0.3, -0.25) is 9.69 Å². The van der Waals surface area contributed by atoms with Crippen LogP contribution in [0.15, 0.2) is 6.07 Å². The predicted octanol–water partition coefficient (Wildman–Crippen LogP) is 3.15. The number of rotatable bonds is 7. The van der Waals surface area contributed by atoms with Gasteiger partial charge in [-0.1, -0.05) is 23.2 Å². The molecule has 1 aromatic rings. The van der Waals surface area contributed by atoms with Gasteiger partial charge in [0.2, 0.25) is 0 Å². The van der Waals surface area contributed by atoms with Gasteiger partial charge < -0.3 is 9.84 Å². The van der Waals surface area contributed by atoms with Crippen LogP contribution in [0.2, 0.25) is 8.67 Å². The summed E-state index contributed by atoms with van der Waals surface area (Å²) in [5.41, 5.74) is 0.851. The zero-order valence-electron chi connectivity index (χ0n) is 10.2. The Kier molecular flexibility index (Phi) is 6.38. The summed E-state index contributed by atoms with van der Waals surface area (Å²) in [6, 6.07) is 1.66. The molecule has 1 aromatic heterocycles. The molecule has 18 heavy (non-hydrogen) atoms. The number of halogens is 2. The first-order valence-electron chi connectivity index (χ1n) is 5.35. The van der Waals surface area contributed by atoms with Crippen molar-refractivity contribution in [2.45, 2.75) is 13.0 Å². The van der Waals surface area contributed by atoms with Crippen LogP contribution in [0.4, 0.5) is 0 Å². The number of thiophene rings is 1. The van der Waals surface area contributed by atoms with E-state index in [2.05, 4.69) is 0 Å². The Hall–Kier alpha value is -0.330. The molecule has 1 rings (SSSR count). The second-order valence-corrected chi connectivity index (χ2v) is 6.10. The van der Waals surface area contributed by atoms with Gasteiger partial charge in [-0.25, -0.2) is 0 Å². The molecule has 1 N–H and O–H groups in total. The van der Waals surface area contributed by atoms with Crippen LogP contribution in [0.25, 0.3) is 0 Å². The van der Waals surface area contributed by atoms with Crippen LogP contribution >= 0.6 is 34.5 Å². The van der Waals surface area contributed by atoms with Crippen molar-refractivity contribution >= 4 is 40.5 Å². The lowest BCUT2D eigenvalue weighted by Crippen LogP contribution is -2.34. The van der Waals surface area contributed by atoms with E-state index in [0.717, 1.165) is 5.56 Å². The third kappa shape index (κ3) is 4.40. The predicted molar refractivity (Wildman–Crippen MR) is 73.8 cm³/mol. The van der Waals surface area contributed by atoms with E-state index in [1.807, 2.05) is 6.92 Å². The zero-order chi connectivity index (χ0) is 13.7. The van der Waals surface area contributed by atoms with Crippen molar-refractivity contribution in [2.75, 3.05) is 26.8 Å². The lowest BCUT2D eigenvalue weighted by Gasteiger charge is -2.27. The fourth-order valence-electron chi connectivity index (χ4n) is 1.63. The molecule has 7 heteroatoms. The van der Waals surface area contributed by atoms with E-state index in [1.165, 1.54) is 11.3 Å². The third-order valence-electron chi connectivity index (χ3n) is 2.60. The number of ether oxygens (including phenoxy) is 1. The summed E-state index contributed by atoms with van der Waals surface area (Å²) in [7, 11) is 1.58. The lowest BCUT2D eigenvalue weighted by molar-refractivity contribution is -0.139. The van der Waals surface area contributed by atoms with Crippen molar-refractivity contribution in [1.82, 2.24) is 4.90 Å². The average Bonchev–Trinajstić information content (AvgIpc) is 2.62. The van der Waals surface area contributed by atoms with Gasteiger partial charge in [0, 0.05) is 25.3 Å². The molecule has 0 saturated heterocycles. The van der Waals surface area contributed by atoms with Crippen LogP contribution in [0, 0.1) is 0 Å². The van der Waals surface area contributed by atoms with Gasteiger partial charge in [-0.15, -0.1) is 11.3 Å². The highest BCUT2D eigenvalue weighted by atomic mass is 35.5. The van der Waals surface area contributed by atoms with E-state index < -0.39 is 5.97 Å². The van der Waals surface area contributed by atoms with E-state index >= 15 is 0 Å². The summed E-state index contributed by atoms with van der Waals surface area (Å²) in [4.78, 5) is 12.6. The molecule has 4 nitrogen and oxygen atoms in total. The molecule has 0 bridgehead atoms. The smallest absolute Gasteiger partial charge is 0.317 e. The molecule has 0 aliphatic carbocycles. The van der Waals surface area contributed by atoms with E-state index in [0.29, 0.717) is 21.8 Å². The van der Waals surface area contributed by atoms with Crippen molar-refractivity contribution in [3.8, 4) is 0 Å². The number of hydrogen-bond donors (Lipinski definition) is 1. The molecule has 0 aromatic carbocycles. The van der Waals surface area contributed by atoms with Crippen molar-refractivity contribution in [3.05, 3.63) is 20.3 Å². The molecule has 0 aliphatic heterocycles. The molecule has 0 fully saturated rings. The topological polar surface area (TPSA) is 49.8 Å². The largest absolute Gasteiger partial charge is 0.480 e. The number of hydrogen-bond acceptors (Lipinski definition) is 4. The van der Waals surface area contributed by atoms with Crippen molar-refractivity contribution in [3.63, 3.8) is 0 Å². The highest BCUT2D eigenvalue weighted by molar-refractivity contribution is 7.20. The molecule has 0 radical (unpaired) electrons. The molecule has 0 aliphatic rings. The van der Waals surface area contributed by atoms with Crippen LogP contribution < -0.4 is 0 Å². The summed E-state index contributed by atoms with van der Waals surface area (Å²) in [5.74, 6) is -0.879. The van der Waals surface area contributed by atoms with Crippen molar-refractivity contribution in [2.24, 2.45) is 0 Å². The van der Waals surface area contributed by atoms with Gasteiger partial charge in [-0.05, 0) is 13.0 Å². The molecule has 0 spiro atoms. The van der Waals surface area contributed by atoms with E-state index in [9.17, 15) is 4.79 Å². The SMILES string of the molecule is COCCN(CC(=O)O)C(C)c1cc(Cl)sc1Cl. The lowest BCUT2D eigenvalue weighted by atomic mass is 10.1. The molecule has 1 unspecified atom stereocenters. The van der Waals surface area contributed by atoms with Crippen LogP contribution in [-0.4, -0.2) is 42.8 Å². The fraction of sp³-hybridized carbons (Fsp3) is 0.545. The van der Waals surface area contributed by atoms with Gasteiger partial charge in [-0.2, -0.15) is 0 Å². The van der Waals surface area contributed by atoms with Crippen LogP contribution in [0.1, 0.15) is 18.5 Å². The Bertz CT molecular complexity index is 411. The van der Waals surface area contributed by atoms with Crippen molar-refractivity contribution in [1.29, 1.82) is 0 Å². The van der Waals surface area contributed by atoms with Crippen molar-refractivity contribution < 1.29 is 14.6 Å². The molecule has 102 valence electrons. The first kappa shape index (κ1) is 15.7. The number of carbonyl (C=O) groups is 1. The quantitative estimate of drug-likeness (QED) is 0.840. The van der Waals surface area contributed by atoms with Gasteiger partial charge in [0.1, 0.15) is 0 Å². The van der Waals surface area contributed by atoms with Gasteiger partial charge in [0.25, 0.3) is 0 Å². The average molecular weight is 312 g/mol. The number of carboxylic acids is 1. The Morgan fingerprint density at radius 1 is 1.61 bits per heavy atom. The molecular weight excluding hydrogens is 297 g/mol. The summed E-state index contributed by atoms with van der Waals surface area (Å²) in [5, 5.41) is 8.91. The molecule has 1 atom stereocenters. The van der Waals surface area contributed by atoms with Crippen LogP contribution in [0.3, 0.4) is 0 Å². The molecule has 0 saturated carbocycles. The molecule has 1 heterocycles. The monoisotopic (exact) mass is 311 g/mol. The summed E-state index contributed by atoms with van der Waals surface area (Å²) in [6.07, 6.45) is 0. The maximum Gasteiger partial charge on any atom is 0.317 e. The fourth-order valence-corrected chi connectivity index (χ4v) is 3.26. The maximum atomic E-state index is 10.9. The van der Waals surface area contributed by atoms with Crippen LogP contribution in [-0.2, 0) is 9.53 Å². The Morgan fingerprint density at radius 2 is 2.28 bits per heavy atom. The van der Waals surface area contributed by atoms with Gasteiger partial charge in [0.05, 0.1) is 21.8 Å². The highest BCUT2D eigenvalue weighted by Gasteiger charge is 2.21. The molecular formula is C11H15Cl2NO3S. The number of aliphatic carboxylic acids is 1. The van der Waals surface area contributed by atoms with E-state index in [4.69, 9.17) is 33.0 Å². The number of nitrogens with zero attached hydrogens (tertiary/aromatic N) is 1. The Morgan fingerprint density at radius 3 is 2.72 bits per heavy atom. The second-order valence-electron chi connectivity index (χ2n) is 3.81. The summed E-state index contributed by atoms with van der Waals surface area (Å²) >= 11 is 13.3. The standard InChI is InChI=1S/C11H15Cl2NO3S/c1-7(8-5-9(12)18-11(8)13)14(3-4-17-2)6-10(15)16/h5,7H,3-4,6H2,1-2H3,(H,15,16). The molecule has 0 amide bonds. The van der Waals surface area contributed by atoms with Gasteiger partial charge in [0.15, 0.2) is 0 Å². The Labute approximate surface area is 120 Å². The summed E-state index contributed by atoms with van der Waals surface area (Å²) in [6.45, 7) is 2.83. The number of methoxy groups -OCH3 is 1. The first-order valence-corrected chi connectivity index (χ1v) is 6.92. The van der Waals surface area contributed by atoms with Gasteiger partial charge >= 0.3 is 5.97 Å². The minimum absolute atomic E-state index is 0.0612. The third-order valence-corrected chi connectivity index (χ3v) is 4.12. The highest BCUT2D eigenvalue weighted by Crippen LogP contribution is 2.36. The van der Waals surface area contributed by atoms with E-state index in [-0.39, 0.29) is 12.6 Å². The zero-order valence-corrected chi connectivity index (χ0v) is 12.5. The minimum atomic E-state index is -0.879.